The summed E-state index contributed by atoms with van der Waals surface area (Å²) >= 11 is 0. The van der Waals surface area contributed by atoms with Crippen molar-refractivity contribution in [3.05, 3.63) is 71.8 Å². The average Bonchev–Trinajstić information content (AvgIpc) is 2.75. The molecule has 156 valence electrons. The molecule has 0 atom stereocenters. The van der Waals surface area contributed by atoms with Gasteiger partial charge in [-0.05, 0) is 17.5 Å². The van der Waals surface area contributed by atoms with Crippen LogP contribution in [0.25, 0.3) is 0 Å². The Morgan fingerprint density at radius 2 is 1.00 bits per heavy atom. The van der Waals surface area contributed by atoms with Crippen LogP contribution in [0.5, 0.6) is 0 Å². The molecule has 2 aromatic carbocycles. The molecule has 0 aliphatic heterocycles. The van der Waals surface area contributed by atoms with Crippen molar-refractivity contribution in [2.75, 3.05) is 26.4 Å². The van der Waals surface area contributed by atoms with Crippen molar-refractivity contribution >= 4 is 11.9 Å². The highest BCUT2D eigenvalue weighted by Crippen LogP contribution is 2.03. The van der Waals surface area contributed by atoms with E-state index < -0.39 is 0 Å². The molecule has 0 amide bonds. The van der Waals surface area contributed by atoms with E-state index in [4.69, 9.17) is 18.9 Å². The van der Waals surface area contributed by atoms with Crippen LogP contribution >= 0.6 is 0 Å². The SMILES string of the molecule is O=C(CCCC(=O)OCCOCc1ccccc1)OCCOCc1ccccc1. The van der Waals surface area contributed by atoms with Gasteiger partial charge in [-0.2, -0.15) is 0 Å². The Hall–Kier alpha value is -2.70. The van der Waals surface area contributed by atoms with Gasteiger partial charge in [0.05, 0.1) is 26.4 Å². The molecule has 0 fully saturated rings. The first-order valence-electron chi connectivity index (χ1n) is 9.78. The van der Waals surface area contributed by atoms with Gasteiger partial charge >= 0.3 is 11.9 Å². The number of ether oxygens (including phenoxy) is 4. The molecule has 2 aromatic rings. The van der Waals surface area contributed by atoms with Crippen LogP contribution in [0.1, 0.15) is 30.4 Å². The first kappa shape index (κ1) is 22.6. The molecule has 2 rings (SSSR count). The van der Waals surface area contributed by atoms with Crippen molar-refractivity contribution < 1.29 is 28.5 Å². The third-order valence-corrected chi connectivity index (χ3v) is 3.97. The van der Waals surface area contributed by atoms with Gasteiger partial charge in [0.2, 0.25) is 0 Å². The van der Waals surface area contributed by atoms with E-state index in [9.17, 15) is 9.59 Å². The van der Waals surface area contributed by atoms with Crippen molar-refractivity contribution in [1.29, 1.82) is 0 Å². The summed E-state index contributed by atoms with van der Waals surface area (Å²) in [5.74, 6) is -0.681. The molecule has 0 aliphatic carbocycles. The summed E-state index contributed by atoms with van der Waals surface area (Å²) in [6, 6.07) is 19.6. The molecule has 0 saturated carbocycles. The van der Waals surface area contributed by atoms with E-state index in [-0.39, 0.29) is 38.0 Å². The summed E-state index contributed by atoms with van der Waals surface area (Å²) in [6.07, 6.45) is 0.754. The van der Waals surface area contributed by atoms with Crippen LogP contribution in [0.15, 0.2) is 60.7 Å². The van der Waals surface area contributed by atoms with E-state index in [0.29, 0.717) is 32.8 Å². The smallest absolute Gasteiger partial charge is 0.305 e. The predicted molar refractivity (Wildman–Crippen MR) is 108 cm³/mol. The third kappa shape index (κ3) is 11.0. The lowest BCUT2D eigenvalue weighted by Gasteiger charge is -2.07. The van der Waals surface area contributed by atoms with Gasteiger partial charge in [0.15, 0.2) is 0 Å². The molecule has 6 heteroatoms. The molecule has 0 radical (unpaired) electrons. The standard InChI is InChI=1S/C23H28O6/c24-22(28-16-14-26-18-20-8-3-1-4-9-20)12-7-13-23(25)29-17-15-27-19-21-10-5-2-6-11-21/h1-6,8-11H,7,12-19H2. The Kier molecular flexibility index (Phi) is 11.2. The van der Waals surface area contributed by atoms with E-state index in [1.807, 2.05) is 60.7 Å². The first-order chi connectivity index (χ1) is 14.2. The minimum absolute atomic E-state index is 0.179. The number of esters is 2. The summed E-state index contributed by atoms with van der Waals surface area (Å²) < 4.78 is 21.0. The molecule has 0 N–H and O–H groups in total. The lowest BCUT2D eigenvalue weighted by Crippen LogP contribution is -2.13. The Bertz CT molecular complexity index is 640. The topological polar surface area (TPSA) is 71.1 Å². The molecule has 0 spiro atoms. The summed E-state index contributed by atoms with van der Waals surface area (Å²) in [6.45, 7) is 2.06. The fourth-order valence-electron chi connectivity index (χ4n) is 2.48. The van der Waals surface area contributed by atoms with Gasteiger partial charge in [-0.1, -0.05) is 60.7 Å². The zero-order valence-corrected chi connectivity index (χ0v) is 16.6. The van der Waals surface area contributed by atoms with Gasteiger partial charge in [-0.15, -0.1) is 0 Å². The number of hydrogen-bond acceptors (Lipinski definition) is 6. The molecule has 0 bridgehead atoms. The van der Waals surface area contributed by atoms with E-state index in [1.165, 1.54) is 0 Å². The minimum atomic E-state index is -0.340. The molecule has 0 unspecified atom stereocenters. The van der Waals surface area contributed by atoms with Gasteiger partial charge in [0.1, 0.15) is 13.2 Å². The van der Waals surface area contributed by atoms with E-state index >= 15 is 0 Å². The Balaban J connectivity index is 1.39. The highest BCUT2D eigenvalue weighted by atomic mass is 16.6. The van der Waals surface area contributed by atoms with Gasteiger partial charge in [0, 0.05) is 12.8 Å². The molecule has 6 nitrogen and oxygen atoms in total. The molecular formula is C23H28O6. The van der Waals surface area contributed by atoms with Crippen LogP contribution in [-0.4, -0.2) is 38.4 Å². The molecule has 0 aromatic heterocycles. The zero-order valence-electron chi connectivity index (χ0n) is 16.6. The molecule has 29 heavy (non-hydrogen) atoms. The monoisotopic (exact) mass is 400 g/mol. The van der Waals surface area contributed by atoms with Crippen LogP contribution in [0, 0.1) is 0 Å². The molecule has 0 heterocycles. The largest absolute Gasteiger partial charge is 0.463 e. The van der Waals surface area contributed by atoms with Gasteiger partial charge in [-0.25, -0.2) is 0 Å². The molecule has 0 aliphatic rings. The first-order valence-corrected chi connectivity index (χ1v) is 9.78. The van der Waals surface area contributed by atoms with Crippen LogP contribution in [0.2, 0.25) is 0 Å². The Morgan fingerprint density at radius 3 is 1.41 bits per heavy atom. The summed E-state index contributed by atoms with van der Waals surface area (Å²) in [5, 5.41) is 0. The fraction of sp³-hybridized carbons (Fsp3) is 0.391. The van der Waals surface area contributed by atoms with Crippen LogP contribution in [-0.2, 0) is 41.8 Å². The number of hydrogen-bond donors (Lipinski definition) is 0. The maximum atomic E-state index is 11.6. The van der Waals surface area contributed by atoms with Crippen molar-refractivity contribution in [3.63, 3.8) is 0 Å². The highest BCUT2D eigenvalue weighted by molar-refractivity contribution is 5.72. The average molecular weight is 400 g/mol. The van der Waals surface area contributed by atoms with Crippen LogP contribution < -0.4 is 0 Å². The van der Waals surface area contributed by atoms with E-state index in [2.05, 4.69) is 0 Å². The zero-order chi connectivity index (χ0) is 20.6. The quantitative estimate of drug-likeness (QED) is 0.356. The second kappa shape index (κ2) is 14.3. The van der Waals surface area contributed by atoms with Gasteiger partial charge < -0.3 is 18.9 Å². The number of benzene rings is 2. The highest BCUT2D eigenvalue weighted by Gasteiger charge is 2.07. The normalized spacial score (nSPS) is 10.5. The van der Waals surface area contributed by atoms with Crippen molar-refractivity contribution in [2.45, 2.75) is 32.5 Å². The maximum Gasteiger partial charge on any atom is 0.305 e. The molecule has 0 saturated heterocycles. The number of carbonyl (C=O) groups excluding carboxylic acids is 2. The van der Waals surface area contributed by atoms with Crippen LogP contribution in [0.4, 0.5) is 0 Å². The minimum Gasteiger partial charge on any atom is -0.463 e. The third-order valence-electron chi connectivity index (χ3n) is 3.97. The summed E-state index contributed by atoms with van der Waals surface area (Å²) in [4.78, 5) is 23.3. The second-order valence-corrected chi connectivity index (χ2v) is 6.37. The summed E-state index contributed by atoms with van der Waals surface area (Å²) in [7, 11) is 0. The lowest BCUT2D eigenvalue weighted by atomic mass is 10.2. The Morgan fingerprint density at radius 1 is 0.586 bits per heavy atom. The Labute approximate surface area is 171 Å². The van der Waals surface area contributed by atoms with Crippen molar-refractivity contribution in [1.82, 2.24) is 0 Å². The number of carbonyl (C=O) groups is 2. The fourth-order valence-corrected chi connectivity index (χ4v) is 2.48. The second-order valence-electron chi connectivity index (χ2n) is 6.37. The summed E-state index contributed by atoms with van der Waals surface area (Å²) in [5.41, 5.74) is 2.14. The van der Waals surface area contributed by atoms with Crippen molar-refractivity contribution in [2.24, 2.45) is 0 Å². The van der Waals surface area contributed by atoms with Crippen molar-refractivity contribution in [3.8, 4) is 0 Å². The number of rotatable bonds is 14. The van der Waals surface area contributed by atoms with Crippen LogP contribution in [0.3, 0.4) is 0 Å². The predicted octanol–water partition coefficient (Wildman–Crippen LogP) is 3.68. The van der Waals surface area contributed by atoms with E-state index in [1.54, 1.807) is 0 Å². The van der Waals surface area contributed by atoms with E-state index in [0.717, 1.165) is 11.1 Å². The molecular weight excluding hydrogens is 372 g/mol. The maximum absolute atomic E-state index is 11.6. The lowest BCUT2D eigenvalue weighted by molar-refractivity contribution is -0.147. The van der Waals surface area contributed by atoms with Gasteiger partial charge in [-0.3, -0.25) is 9.59 Å². The van der Waals surface area contributed by atoms with Gasteiger partial charge in [0.25, 0.3) is 0 Å².